The normalized spacial score (nSPS) is 11.8. The molecule has 0 spiro atoms. The Balaban J connectivity index is 1.34. The van der Waals surface area contributed by atoms with Crippen LogP contribution in [-0.2, 0) is 11.2 Å². The summed E-state index contributed by atoms with van der Waals surface area (Å²) in [5, 5.41) is 5.43. The van der Waals surface area contributed by atoms with E-state index in [-0.39, 0.29) is 19.1 Å². The van der Waals surface area contributed by atoms with Crippen molar-refractivity contribution in [3.8, 4) is 11.5 Å². The molecule has 0 fully saturated rings. The van der Waals surface area contributed by atoms with Gasteiger partial charge in [0.2, 0.25) is 12.7 Å². The van der Waals surface area contributed by atoms with Crippen LogP contribution in [0.1, 0.15) is 22.3 Å². The van der Waals surface area contributed by atoms with E-state index < -0.39 is 11.7 Å². The van der Waals surface area contributed by atoms with Gasteiger partial charge in [-0.15, -0.1) is 0 Å². The van der Waals surface area contributed by atoms with Crippen LogP contribution in [0.15, 0.2) is 66.7 Å². The number of aryl methyl sites for hydroxylation is 1. The first-order valence-electron chi connectivity index (χ1n) is 9.42. The zero-order chi connectivity index (χ0) is 20.9. The van der Waals surface area contributed by atoms with Gasteiger partial charge >= 0.3 is 0 Å². The smallest absolute Gasteiger partial charge is 0.255 e. The number of anilines is 2. The van der Waals surface area contributed by atoms with Crippen molar-refractivity contribution < 1.29 is 23.5 Å². The van der Waals surface area contributed by atoms with Crippen molar-refractivity contribution in [1.29, 1.82) is 0 Å². The fraction of sp³-hybridized carbons (Fsp3) is 0.130. The number of rotatable bonds is 6. The Morgan fingerprint density at radius 3 is 2.47 bits per heavy atom. The standard InChI is InChI=1S/C23H19FN2O4/c24-17-4-2-6-19(13-17)26-23(28)16-3-1-5-18(12-16)25-22(27)10-8-15-7-9-20-21(11-15)30-14-29-20/h1-7,9,11-13H,8,10,14H2,(H,25,27)(H,26,28). The summed E-state index contributed by atoms with van der Waals surface area (Å²) < 4.78 is 23.9. The Kier molecular flexibility index (Phi) is 5.61. The molecule has 0 atom stereocenters. The van der Waals surface area contributed by atoms with Gasteiger partial charge < -0.3 is 20.1 Å². The molecule has 0 radical (unpaired) electrons. The molecule has 0 bridgehead atoms. The van der Waals surface area contributed by atoms with Gasteiger partial charge in [0.1, 0.15) is 5.82 Å². The Morgan fingerprint density at radius 2 is 1.63 bits per heavy atom. The van der Waals surface area contributed by atoms with Crippen LogP contribution in [0.4, 0.5) is 15.8 Å². The van der Waals surface area contributed by atoms with Crippen LogP contribution >= 0.6 is 0 Å². The molecule has 30 heavy (non-hydrogen) atoms. The SMILES string of the molecule is O=C(CCc1ccc2c(c1)OCO2)Nc1cccc(C(=O)Nc2cccc(F)c2)c1. The van der Waals surface area contributed by atoms with E-state index >= 15 is 0 Å². The molecule has 1 aliphatic rings. The van der Waals surface area contributed by atoms with Crippen LogP contribution in [0.2, 0.25) is 0 Å². The maximum absolute atomic E-state index is 13.3. The largest absolute Gasteiger partial charge is 0.454 e. The van der Waals surface area contributed by atoms with E-state index in [2.05, 4.69) is 10.6 Å². The maximum Gasteiger partial charge on any atom is 0.255 e. The molecule has 0 unspecified atom stereocenters. The molecule has 3 aromatic rings. The lowest BCUT2D eigenvalue weighted by molar-refractivity contribution is -0.116. The minimum Gasteiger partial charge on any atom is -0.454 e. The molecule has 0 saturated carbocycles. The van der Waals surface area contributed by atoms with Gasteiger partial charge in [-0.25, -0.2) is 4.39 Å². The lowest BCUT2D eigenvalue weighted by atomic mass is 10.1. The Labute approximate surface area is 172 Å². The second-order valence-electron chi connectivity index (χ2n) is 6.78. The number of halogens is 1. The second-order valence-corrected chi connectivity index (χ2v) is 6.78. The molecule has 2 amide bonds. The minimum absolute atomic E-state index is 0.171. The predicted molar refractivity (Wildman–Crippen MR) is 110 cm³/mol. The summed E-state index contributed by atoms with van der Waals surface area (Å²) in [7, 11) is 0. The van der Waals surface area contributed by atoms with Gasteiger partial charge in [0.05, 0.1) is 0 Å². The first kappa shape index (κ1) is 19.4. The van der Waals surface area contributed by atoms with E-state index in [9.17, 15) is 14.0 Å². The topological polar surface area (TPSA) is 76.7 Å². The quantitative estimate of drug-likeness (QED) is 0.637. The highest BCUT2D eigenvalue weighted by atomic mass is 19.1. The molecule has 6 nitrogen and oxygen atoms in total. The average molecular weight is 406 g/mol. The number of hydrogen-bond acceptors (Lipinski definition) is 4. The summed E-state index contributed by atoms with van der Waals surface area (Å²) in [4.78, 5) is 24.7. The fourth-order valence-corrected chi connectivity index (χ4v) is 3.09. The van der Waals surface area contributed by atoms with Crippen LogP contribution in [0.3, 0.4) is 0 Å². The highest BCUT2D eigenvalue weighted by Crippen LogP contribution is 2.32. The van der Waals surface area contributed by atoms with Crippen LogP contribution in [0.5, 0.6) is 11.5 Å². The Hall–Kier alpha value is -3.87. The van der Waals surface area contributed by atoms with Gasteiger partial charge in [-0.1, -0.05) is 18.2 Å². The van der Waals surface area contributed by atoms with Crippen LogP contribution in [0.25, 0.3) is 0 Å². The van der Waals surface area contributed by atoms with E-state index in [0.717, 1.165) is 5.56 Å². The number of amides is 2. The van der Waals surface area contributed by atoms with Gasteiger partial charge in [0.15, 0.2) is 11.5 Å². The van der Waals surface area contributed by atoms with Gasteiger partial charge in [0.25, 0.3) is 5.91 Å². The molecule has 0 aliphatic carbocycles. The van der Waals surface area contributed by atoms with E-state index in [1.807, 2.05) is 18.2 Å². The third-order valence-electron chi connectivity index (χ3n) is 4.57. The summed E-state index contributed by atoms with van der Waals surface area (Å²) in [6.07, 6.45) is 0.821. The van der Waals surface area contributed by atoms with Crippen molar-refractivity contribution in [1.82, 2.24) is 0 Å². The van der Waals surface area contributed by atoms with Crippen molar-refractivity contribution in [2.24, 2.45) is 0 Å². The zero-order valence-electron chi connectivity index (χ0n) is 16.0. The maximum atomic E-state index is 13.3. The summed E-state index contributed by atoms with van der Waals surface area (Å²) in [6.45, 7) is 0.211. The summed E-state index contributed by atoms with van der Waals surface area (Å²) in [5.41, 5.74) is 2.20. The second kappa shape index (κ2) is 8.65. The van der Waals surface area contributed by atoms with Crippen molar-refractivity contribution >= 4 is 23.2 Å². The van der Waals surface area contributed by atoms with Gasteiger partial charge in [0, 0.05) is 23.4 Å². The number of carbonyl (C=O) groups excluding carboxylic acids is 2. The number of ether oxygens (including phenoxy) is 2. The minimum atomic E-state index is -0.434. The highest BCUT2D eigenvalue weighted by Gasteiger charge is 2.14. The molecule has 0 aromatic heterocycles. The number of nitrogens with one attached hydrogen (secondary N) is 2. The third-order valence-corrected chi connectivity index (χ3v) is 4.57. The molecule has 3 aromatic carbocycles. The molecule has 7 heteroatoms. The molecular formula is C23H19FN2O4. The molecule has 1 aliphatic heterocycles. The third kappa shape index (κ3) is 4.75. The van der Waals surface area contributed by atoms with Crippen molar-refractivity contribution in [2.45, 2.75) is 12.8 Å². The summed E-state index contributed by atoms with van der Waals surface area (Å²) in [6, 6.07) is 17.8. The lowest BCUT2D eigenvalue weighted by Crippen LogP contribution is -2.15. The van der Waals surface area contributed by atoms with Crippen molar-refractivity contribution in [2.75, 3.05) is 17.4 Å². The van der Waals surface area contributed by atoms with Gasteiger partial charge in [-0.3, -0.25) is 9.59 Å². The number of carbonyl (C=O) groups is 2. The highest BCUT2D eigenvalue weighted by molar-refractivity contribution is 6.05. The first-order valence-corrected chi connectivity index (χ1v) is 9.42. The van der Waals surface area contributed by atoms with Crippen molar-refractivity contribution in [3.63, 3.8) is 0 Å². The first-order chi connectivity index (χ1) is 14.6. The van der Waals surface area contributed by atoms with E-state index in [4.69, 9.17) is 9.47 Å². The summed E-state index contributed by atoms with van der Waals surface area (Å²) >= 11 is 0. The van der Waals surface area contributed by atoms with Gasteiger partial charge in [-0.2, -0.15) is 0 Å². The molecule has 2 N–H and O–H groups in total. The molecular weight excluding hydrogens is 387 g/mol. The van der Waals surface area contributed by atoms with Crippen LogP contribution in [-0.4, -0.2) is 18.6 Å². The molecule has 152 valence electrons. The van der Waals surface area contributed by atoms with E-state index in [1.54, 1.807) is 30.3 Å². The number of benzene rings is 3. The van der Waals surface area contributed by atoms with E-state index in [0.29, 0.717) is 34.9 Å². The monoisotopic (exact) mass is 406 g/mol. The predicted octanol–water partition coefficient (Wildman–Crippen LogP) is 4.38. The summed E-state index contributed by atoms with van der Waals surface area (Å²) in [5.74, 6) is 0.394. The molecule has 4 rings (SSSR count). The lowest BCUT2D eigenvalue weighted by Gasteiger charge is -2.09. The van der Waals surface area contributed by atoms with Gasteiger partial charge in [-0.05, 0) is 60.5 Å². The number of fused-ring (bicyclic) bond motifs is 1. The Bertz CT molecular complexity index is 1100. The fourth-order valence-electron chi connectivity index (χ4n) is 3.09. The van der Waals surface area contributed by atoms with Crippen molar-refractivity contribution in [3.05, 3.63) is 83.7 Å². The van der Waals surface area contributed by atoms with Crippen LogP contribution in [0, 0.1) is 5.82 Å². The van der Waals surface area contributed by atoms with E-state index in [1.165, 1.54) is 18.2 Å². The Morgan fingerprint density at radius 1 is 0.867 bits per heavy atom. The molecule has 0 saturated heterocycles. The zero-order valence-corrected chi connectivity index (χ0v) is 16.0. The van der Waals surface area contributed by atoms with Crippen LogP contribution < -0.4 is 20.1 Å². The molecule has 1 heterocycles. The average Bonchev–Trinajstić information content (AvgIpc) is 3.20. The number of hydrogen-bond donors (Lipinski definition) is 2.